The molecular formula is C25H27ClFN3O3. The van der Waals surface area contributed by atoms with Gasteiger partial charge in [-0.1, -0.05) is 11.6 Å². The lowest BCUT2D eigenvalue weighted by molar-refractivity contribution is -0.134. The molecule has 6 nitrogen and oxygen atoms in total. The molecule has 2 heterocycles. The number of nitrogens with zero attached hydrogens (tertiary/aromatic N) is 2. The first-order valence-electron chi connectivity index (χ1n) is 11.3. The Bertz CT molecular complexity index is 999. The summed E-state index contributed by atoms with van der Waals surface area (Å²) in [6.07, 6.45) is 3.12. The first-order valence-corrected chi connectivity index (χ1v) is 11.7. The Kier molecular flexibility index (Phi) is 7.28. The van der Waals surface area contributed by atoms with Crippen LogP contribution in [-0.4, -0.2) is 59.7 Å². The van der Waals surface area contributed by atoms with Crippen LogP contribution >= 0.6 is 11.6 Å². The maximum atomic E-state index is 13.3. The molecule has 0 radical (unpaired) electrons. The average molecular weight is 472 g/mol. The minimum absolute atomic E-state index is 0.0668. The van der Waals surface area contributed by atoms with Crippen LogP contribution in [0.5, 0.6) is 0 Å². The summed E-state index contributed by atoms with van der Waals surface area (Å²) in [5.41, 5.74) is 0.887. The van der Waals surface area contributed by atoms with Gasteiger partial charge in [-0.2, -0.15) is 0 Å². The van der Waals surface area contributed by atoms with E-state index in [9.17, 15) is 18.8 Å². The van der Waals surface area contributed by atoms with Crippen LogP contribution in [0.1, 0.15) is 46.4 Å². The maximum absolute atomic E-state index is 13.3. The number of nitrogens with one attached hydrogen (secondary N) is 1. The van der Waals surface area contributed by atoms with Gasteiger partial charge in [0.1, 0.15) is 11.9 Å². The van der Waals surface area contributed by atoms with E-state index >= 15 is 0 Å². The van der Waals surface area contributed by atoms with E-state index in [4.69, 9.17) is 11.6 Å². The molecule has 0 bridgehead atoms. The summed E-state index contributed by atoms with van der Waals surface area (Å²) in [6, 6.07) is 11.4. The Hall–Kier alpha value is -2.93. The fourth-order valence-electron chi connectivity index (χ4n) is 4.55. The van der Waals surface area contributed by atoms with E-state index in [2.05, 4.69) is 5.32 Å². The number of hydrogen-bond acceptors (Lipinski definition) is 3. The Morgan fingerprint density at radius 2 is 1.42 bits per heavy atom. The highest BCUT2D eigenvalue weighted by Gasteiger charge is 2.37. The van der Waals surface area contributed by atoms with E-state index in [0.29, 0.717) is 55.2 Å². The molecule has 33 heavy (non-hydrogen) atoms. The number of benzene rings is 2. The van der Waals surface area contributed by atoms with Gasteiger partial charge in [-0.3, -0.25) is 14.4 Å². The number of carbonyl (C=O) groups is 3. The molecule has 2 saturated heterocycles. The molecular weight excluding hydrogens is 445 g/mol. The molecule has 2 aliphatic heterocycles. The molecule has 3 amide bonds. The zero-order valence-corrected chi connectivity index (χ0v) is 19.1. The molecule has 0 unspecified atom stereocenters. The van der Waals surface area contributed by atoms with Gasteiger partial charge >= 0.3 is 0 Å². The lowest BCUT2D eigenvalue weighted by Gasteiger charge is -2.37. The predicted octanol–water partition coefficient (Wildman–Crippen LogP) is 3.75. The number of likely N-dealkylation sites (tertiary alicyclic amines) is 2. The van der Waals surface area contributed by atoms with Crippen LogP contribution in [0.2, 0.25) is 5.02 Å². The van der Waals surface area contributed by atoms with E-state index in [1.165, 1.54) is 24.3 Å². The van der Waals surface area contributed by atoms with Gasteiger partial charge in [0.25, 0.3) is 11.8 Å². The van der Waals surface area contributed by atoms with Gasteiger partial charge < -0.3 is 15.1 Å². The largest absolute Gasteiger partial charge is 0.341 e. The number of halogens is 2. The summed E-state index contributed by atoms with van der Waals surface area (Å²) < 4.78 is 13.2. The molecule has 0 aromatic heterocycles. The Morgan fingerprint density at radius 1 is 0.848 bits per heavy atom. The van der Waals surface area contributed by atoms with Crippen molar-refractivity contribution < 1.29 is 18.8 Å². The topological polar surface area (TPSA) is 69.7 Å². The molecule has 2 aromatic rings. The summed E-state index contributed by atoms with van der Waals surface area (Å²) in [5.74, 6) is -1.05. The van der Waals surface area contributed by atoms with Crippen molar-refractivity contribution in [1.29, 1.82) is 0 Å². The van der Waals surface area contributed by atoms with Crippen LogP contribution in [0.15, 0.2) is 48.5 Å². The minimum atomic E-state index is -0.673. The molecule has 8 heteroatoms. The zero-order chi connectivity index (χ0) is 23.4. The van der Waals surface area contributed by atoms with Crippen molar-refractivity contribution in [1.82, 2.24) is 15.1 Å². The Labute approximate surface area is 197 Å². The number of carbonyl (C=O) groups excluding carboxylic acids is 3. The van der Waals surface area contributed by atoms with Gasteiger partial charge in [0.15, 0.2) is 0 Å². The van der Waals surface area contributed by atoms with Gasteiger partial charge in [-0.25, -0.2) is 4.39 Å². The summed E-state index contributed by atoms with van der Waals surface area (Å²) in [4.78, 5) is 42.5. The lowest BCUT2D eigenvalue weighted by atomic mass is 9.88. The van der Waals surface area contributed by atoms with Crippen LogP contribution < -0.4 is 5.32 Å². The quantitative estimate of drug-likeness (QED) is 0.722. The molecule has 0 aliphatic carbocycles. The van der Waals surface area contributed by atoms with Crippen LogP contribution in [0.25, 0.3) is 0 Å². The first kappa shape index (κ1) is 23.2. The van der Waals surface area contributed by atoms with Gasteiger partial charge in [0.2, 0.25) is 5.91 Å². The highest BCUT2D eigenvalue weighted by molar-refractivity contribution is 6.30. The number of piperidine rings is 1. The lowest BCUT2D eigenvalue weighted by Crippen LogP contribution is -2.54. The highest BCUT2D eigenvalue weighted by atomic mass is 35.5. The second-order valence-corrected chi connectivity index (χ2v) is 9.06. The van der Waals surface area contributed by atoms with Crippen molar-refractivity contribution in [3.05, 3.63) is 70.5 Å². The molecule has 1 atom stereocenters. The van der Waals surface area contributed by atoms with Crippen molar-refractivity contribution in [2.75, 3.05) is 26.2 Å². The third kappa shape index (κ3) is 5.53. The molecule has 2 fully saturated rings. The molecule has 2 aliphatic rings. The molecule has 4 rings (SSSR count). The van der Waals surface area contributed by atoms with Crippen molar-refractivity contribution >= 4 is 29.3 Å². The summed E-state index contributed by atoms with van der Waals surface area (Å²) in [6.45, 7) is 2.38. The van der Waals surface area contributed by atoms with E-state index in [1.54, 1.807) is 34.1 Å². The van der Waals surface area contributed by atoms with Crippen LogP contribution in [0, 0.1) is 11.7 Å². The van der Waals surface area contributed by atoms with Crippen LogP contribution in [-0.2, 0) is 4.79 Å². The molecule has 0 spiro atoms. The second-order valence-electron chi connectivity index (χ2n) is 8.63. The molecule has 1 N–H and O–H groups in total. The molecule has 174 valence electrons. The summed E-state index contributed by atoms with van der Waals surface area (Å²) in [7, 11) is 0. The SMILES string of the molecule is O=C(N[C@@H](C(=O)N1CCCC1)C1CCN(C(=O)c2ccc(Cl)cc2)CC1)c1ccc(F)cc1. The Morgan fingerprint density at radius 3 is 2.03 bits per heavy atom. The van der Waals surface area contributed by atoms with E-state index in [1.807, 2.05) is 0 Å². The van der Waals surface area contributed by atoms with Crippen molar-refractivity contribution in [2.24, 2.45) is 5.92 Å². The third-order valence-corrected chi connectivity index (χ3v) is 6.72. The number of amides is 3. The number of rotatable bonds is 5. The Balaban J connectivity index is 1.45. The van der Waals surface area contributed by atoms with E-state index < -0.39 is 17.8 Å². The van der Waals surface area contributed by atoms with Gasteiger partial charge in [0.05, 0.1) is 0 Å². The molecule has 2 aromatic carbocycles. The van der Waals surface area contributed by atoms with E-state index in [-0.39, 0.29) is 17.7 Å². The smallest absolute Gasteiger partial charge is 0.253 e. The monoisotopic (exact) mass is 471 g/mol. The van der Waals surface area contributed by atoms with Gasteiger partial charge in [-0.15, -0.1) is 0 Å². The summed E-state index contributed by atoms with van der Waals surface area (Å²) >= 11 is 5.92. The third-order valence-electron chi connectivity index (χ3n) is 6.47. The zero-order valence-electron chi connectivity index (χ0n) is 18.3. The maximum Gasteiger partial charge on any atom is 0.253 e. The standard InChI is InChI=1S/C25H27ClFN3O3/c26-20-7-3-19(4-8-20)24(32)30-15-11-17(12-16-30)22(25(33)29-13-1-2-14-29)28-23(31)18-5-9-21(27)10-6-18/h3-10,17,22H,1-2,11-16H2,(H,28,31)/t22-/m1/s1. The first-order chi connectivity index (χ1) is 15.9. The highest BCUT2D eigenvalue weighted by Crippen LogP contribution is 2.25. The minimum Gasteiger partial charge on any atom is -0.341 e. The predicted molar refractivity (Wildman–Crippen MR) is 124 cm³/mol. The van der Waals surface area contributed by atoms with Crippen LogP contribution in [0.4, 0.5) is 4.39 Å². The fraction of sp³-hybridized carbons (Fsp3) is 0.400. The molecule has 0 saturated carbocycles. The summed E-state index contributed by atoms with van der Waals surface area (Å²) in [5, 5.41) is 3.48. The van der Waals surface area contributed by atoms with Crippen molar-refractivity contribution in [3.63, 3.8) is 0 Å². The number of hydrogen-bond donors (Lipinski definition) is 1. The second kappa shape index (κ2) is 10.3. The average Bonchev–Trinajstić information content (AvgIpc) is 3.38. The van der Waals surface area contributed by atoms with E-state index in [0.717, 1.165) is 12.8 Å². The van der Waals surface area contributed by atoms with Crippen molar-refractivity contribution in [3.8, 4) is 0 Å². The van der Waals surface area contributed by atoms with Gasteiger partial charge in [-0.05, 0) is 80.1 Å². The fourth-order valence-corrected chi connectivity index (χ4v) is 4.68. The van der Waals surface area contributed by atoms with Gasteiger partial charge in [0, 0.05) is 42.3 Å². The van der Waals surface area contributed by atoms with Crippen molar-refractivity contribution in [2.45, 2.75) is 31.7 Å². The van der Waals surface area contributed by atoms with Crippen LogP contribution in [0.3, 0.4) is 0 Å². The normalized spacial score (nSPS) is 17.6.